The van der Waals surface area contributed by atoms with Gasteiger partial charge >= 0.3 is 6.18 Å². The summed E-state index contributed by atoms with van der Waals surface area (Å²) in [7, 11) is 0. The van der Waals surface area contributed by atoms with Crippen molar-refractivity contribution in [2.24, 2.45) is 0 Å². The number of H-pyrrole nitrogens is 1. The highest BCUT2D eigenvalue weighted by molar-refractivity contribution is 5.94. The standard InChI is InChI=1S/C20H17F4N5O/c21-15-3-1-13(2-4-15)14-9-16(25-11-14)19(30)29-7-5-28(6-8-29)18-10-17(20(22,23)24)26-12-27-18/h1-4,9-12,25H,5-8H2. The molecule has 3 aromatic rings. The van der Waals surface area contributed by atoms with Gasteiger partial charge < -0.3 is 14.8 Å². The molecule has 0 radical (unpaired) electrons. The average Bonchev–Trinajstić information content (AvgIpc) is 3.24. The molecule has 1 aromatic carbocycles. The van der Waals surface area contributed by atoms with E-state index in [0.29, 0.717) is 31.9 Å². The van der Waals surface area contributed by atoms with Gasteiger partial charge in [-0.3, -0.25) is 4.79 Å². The predicted molar refractivity (Wildman–Crippen MR) is 101 cm³/mol. The van der Waals surface area contributed by atoms with Gasteiger partial charge in [0, 0.05) is 38.4 Å². The van der Waals surface area contributed by atoms with Gasteiger partial charge in [-0.25, -0.2) is 14.4 Å². The van der Waals surface area contributed by atoms with Crippen LogP contribution in [0.3, 0.4) is 0 Å². The summed E-state index contributed by atoms with van der Waals surface area (Å²) in [5.41, 5.74) is 0.938. The molecule has 1 aliphatic heterocycles. The molecular weight excluding hydrogens is 402 g/mol. The molecular formula is C20H17F4N5O. The first-order valence-corrected chi connectivity index (χ1v) is 9.19. The zero-order valence-electron chi connectivity index (χ0n) is 15.7. The summed E-state index contributed by atoms with van der Waals surface area (Å²) in [6.07, 6.45) is -1.97. The highest BCUT2D eigenvalue weighted by Gasteiger charge is 2.33. The normalized spacial score (nSPS) is 14.8. The average molecular weight is 419 g/mol. The van der Waals surface area contributed by atoms with Crippen molar-refractivity contribution in [1.82, 2.24) is 19.9 Å². The summed E-state index contributed by atoms with van der Waals surface area (Å²) in [5.74, 6) is -0.362. The molecule has 2 aromatic heterocycles. The van der Waals surface area contributed by atoms with Crippen LogP contribution in [-0.2, 0) is 6.18 Å². The van der Waals surface area contributed by atoms with Gasteiger partial charge in [0.15, 0.2) is 0 Å². The van der Waals surface area contributed by atoms with E-state index >= 15 is 0 Å². The van der Waals surface area contributed by atoms with E-state index in [1.54, 1.807) is 34.2 Å². The Morgan fingerprint density at radius 3 is 2.33 bits per heavy atom. The Bertz CT molecular complexity index is 1040. The van der Waals surface area contributed by atoms with Gasteiger partial charge in [0.25, 0.3) is 5.91 Å². The Morgan fingerprint density at radius 2 is 1.67 bits per heavy atom. The lowest BCUT2D eigenvalue weighted by molar-refractivity contribution is -0.141. The minimum absolute atomic E-state index is 0.183. The molecule has 6 nitrogen and oxygen atoms in total. The Morgan fingerprint density at radius 1 is 0.967 bits per heavy atom. The van der Waals surface area contributed by atoms with E-state index in [1.807, 2.05) is 0 Å². The number of hydrogen-bond acceptors (Lipinski definition) is 4. The van der Waals surface area contributed by atoms with E-state index in [0.717, 1.165) is 23.5 Å². The number of aromatic amines is 1. The number of amides is 1. The second kappa shape index (κ2) is 7.77. The van der Waals surface area contributed by atoms with Crippen LogP contribution < -0.4 is 4.90 Å². The zero-order chi connectivity index (χ0) is 21.3. The fourth-order valence-electron chi connectivity index (χ4n) is 3.31. The third-order valence-corrected chi connectivity index (χ3v) is 4.92. The minimum Gasteiger partial charge on any atom is -0.357 e. The molecule has 0 saturated carbocycles. The van der Waals surface area contributed by atoms with Crippen molar-refractivity contribution < 1.29 is 22.4 Å². The molecule has 156 valence electrons. The maximum Gasteiger partial charge on any atom is 0.433 e. The maximum atomic E-state index is 13.1. The lowest BCUT2D eigenvalue weighted by atomic mass is 10.1. The number of aromatic nitrogens is 3. The number of benzene rings is 1. The number of nitrogens with one attached hydrogen (secondary N) is 1. The van der Waals surface area contributed by atoms with E-state index in [1.165, 1.54) is 12.1 Å². The van der Waals surface area contributed by atoms with E-state index in [-0.39, 0.29) is 17.5 Å². The first kappa shape index (κ1) is 19.9. The van der Waals surface area contributed by atoms with Crippen LogP contribution in [0.5, 0.6) is 0 Å². The lowest BCUT2D eigenvalue weighted by Gasteiger charge is -2.35. The molecule has 1 fully saturated rings. The van der Waals surface area contributed by atoms with Crippen molar-refractivity contribution >= 4 is 11.7 Å². The summed E-state index contributed by atoms with van der Waals surface area (Å²) in [6.45, 7) is 1.39. The molecule has 0 spiro atoms. The summed E-state index contributed by atoms with van der Waals surface area (Å²) >= 11 is 0. The summed E-state index contributed by atoms with van der Waals surface area (Å²) in [4.78, 5) is 26.2. The van der Waals surface area contributed by atoms with E-state index in [9.17, 15) is 22.4 Å². The van der Waals surface area contributed by atoms with Gasteiger partial charge in [0.05, 0.1) is 0 Å². The molecule has 1 amide bonds. The number of rotatable bonds is 3. The Labute approximate surface area is 169 Å². The number of piperazine rings is 1. The summed E-state index contributed by atoms with van der Waals surface area (Å²) < 4.78 is 51.6. The molecule has 4 rings (SSSR count). The summed E-state index contributed by atoms with van der Waals surface area (Å²) in [6, 6.07) is 8.56. The monoisotopic (exact) mass is 419 g/mol. The number of carbonyl (C=O) groups excluding carboxylic acids is 1. The topological polar surface area (TPSA) is 65.1 Å². The second-order valence-corrected chi connectivity index (χ2v) is 6.85. The number of carbonyl (C=O) groups is 1. The van der Waals surface area contributed by atoms with E-state index in [4.69, 9.17) is 0 Å². The quantitative estimate of drug-likeness (QED) is 0.659. The van der Waals surface area contributed by atoms with E-state index in [2.05, 4.69) is 15.0 Å². The van der Waals surface area contributed by atoms with Crippen LogP contribution in [0.1, 0.15) is 16.2 Å². The molecule has 10 heteroatoms. The van der Waals surface area contributed by atoms with E-state index < -0.39 is 11.9 Å². The van der Waals surface area contributed by atoms with Crippen LogP contribution in [-0.4, -0.2) is 51.9 Å². The molecule has 1 aliphatic rings. The Balaban J connectivity index is 1.41. The van der Waals surface area contributed by atoms with Gasteiger partial charge in [-0.2, -0.15) is 13.2 Å². The van der Waals surface area contributed by atoms with Crippen LogP contribution in [0.25, 0.3) is 11.1 Å². The maximum absolute atomic E-state index is 13.1. The van der Waals surface area contributed by atoms with Crippen molar-refractivity contribution in [3.8, 4) is 11.1 Å². The zero-order valence-corrected chi connectivity index (χ0v) is 15.7. The third kappa shape index (κ3) is 4.12. The van der Waals surface area contributed by atoms with Gasteiger partial charge in [-0.1, -0.05) is 12.1 Å². The van der Waals surface area contributed by atoms with Crippen molar-refractivity contribution in [3.05, 3.63) is 66.1 Å². The molecule has 0 bridgehead atoms. The SMILES string of the molecule is O=C(c1cc(-c2ccc(F)cc2)c[nH]1)N1CCN(c2cc(C(F)(F)F)ncn2)CC1. The number of halogens is 4. The fraction of sp³-hybridized carbons (Fsp3) is 0.250. The smallest absolute Gasteiger partial charge is 0.357 e. The van der Waals surface area contributed by atoms with Crippen molar-refractivity contribution in [2.45, 2.75) is 6.18 Å². The third-order valence-electron chi connectivity index (χ3n) is 4.92. The minimum atomic E-state index is -4.54. The lowest BCUT2D eigenvalue weighted by Crippen LogP contribution is -2.49. The second-order valence-electron chi connectivity index (χ2n) is 6.85. The molecule has 0 aliphatic carbocycles. The predicted octanol–water partition coefficient (Wildman–Crippen LogP) is 3.59. The van der Waals surface area contributed by atoms with Crippen LogP contribution in [0.15, 0.2) is 48.9 Å². The first-order valence-electron chi connectivity index (χ1n) is 9.19. The molecule has 30 heavy (non-hydrogen) atoms. The van der Waals surface area contributed by atoms with Crippen molar-refractivity contribution in [1.29, 1.82) is 0 Å². The number of anilines is 1. The van der Waals surface area contributed by atoms with Gasteiger partial charge in [0.1, 0.15) is 29.4 Å². The van der Waals surface area contributed by atoms with Crippen LogP contribution in [0.2, 0.25) is 0 Å². The highest BCUT2D eigenvalue weighted by atomic mass is 19.4. The van der Waals surface area contributed by atoms with Crippen LogP contribution >= 0.6 is 0 Å². The van der Waals surface area contributed by atoms with Crippen LogP contribution in [0, 0.1) is 5.82 Å². The molecule has 1 N–H and O–H groups in total. The van der Waals surface area contributed by atoms with Crippen molar-refractivity contribution in [2.75, 3.05) is 31.1 Å². The Hall–Kier alpha value is -3.43. The molecule has 0 atom stereocenters. The van der Waals surface area contributed by atoms with Crippen molar-refractivity contribution in [3.63, 3.8) is 0 Å². The highest BCUT2D eigenvalue weighted by Crippen LogP contribution is 2.29. The molecule has 1 saturated heterocycles. The Kier molecular flexibility index (Phi) is 5.15. The number of nitrogens with zero attached hydrogens (tertiary/aromatic N) is 4. The first-order chi connectivity index (χ1) is 14.3. The van der Waals surface area contributed by atoms with Gasteiger partial charge in [0.2, 0.25) is 0 Å². The summed E-state index contributed by atoms with van der Waals surface area (Å²) in [5, 5.41) is 0. The fourth-order valence-corrected chi connectivity index (χ4v) is 3.31. The van der Waals surface area contributed by atoms with Gasteiger partial charge in [-0.15, -0.1) is 0 Å². The molecule has 3 heterocycles. The number of alkyl halides is 3. The number of hydrogen-bond donors (Lipinski definition) is 1. The van der Waals surface area contributed by atoms with Crippen LogP contribution in [0.4, 0.5) is 23.4 Å². The molecule has 0 unspecified atom stereocenters. The van der Waals surface area contributed by atoms with Gasteiger partial charge in [-0.05, 0) is 29.3 Å². The largest absolute Gasteiger partial charge is 0.433 e.